The van der Waals surface area contributed by atoms with Gasteiger partial charge in [0.05, 0.1) is 12.7 Å². The van der Waals surface area contributed by atoms with E-state index in [1.165, 1.54) is 6.92 Å². The number of hydrogen-bond acceptors (Lipinski definition) is 14. The summed E-state index contributed by atoms with van der Waals surface area (Å²) >= 11 is 0. The van der Waals surface area contributed by atoms with Crippen LogP contribution in [0, 0.1) is 0 Å². The fraction of sp³-hybridized carbons (Fsp3) is 0.444. The quantitative estimate of drug-likeness (QED) is 0.174. The Morgan fingerprint density at radius 1 is 0.805 bits per heavy atom. The number of benzene rings is 2. The van der Waals surface area contributed by atoms with Crippen LogP contribution in [0.5, 0.6) is 17.2 Å². The highest BCUT2D eigenvalue weighted by Crippen LogP contribution is 2.37. The largest absolute Gasteiger partial charge is 0.508 e. The van der Waals surface area contributed by atoms with Crippen LogP contribution in [0.15, 0.2) is 51.7 Å². The monoisotopic (exact) mass is 578 g/mol. The Hall–Kier alpha value is -3.31. The van der Waals surface area contributed by atoms with Gasteiger partial charge in [-0.2, -0.15) is 0 Å². The van der Waals surface area contributed by atoms with Crippen molar-refractivity contribution in [1.82, 2.24) is 0 Å². The minimum absolute atomic E-state index is 0.141. The first-order valence-electron chi connectivity index (χ1n) is 12.7. The normalized spacial score (nSPS) is 34.0. The standard InChI is InChI=1S/C27H30O14/c1-10-17(30)20(33)22(35)26(38-10)37-9-15-18(31)21(34)23(36)27(40-15)41-25-19(32)16-13(29)7-12(28)8-14(16)39-24(25)11-5-3-2-4-6-11/h2-8,10,15,17-18,20-23,26-31,33-36H,9H2,1H3/t10-,15+,17-,18+,20+,21-,22+,23+,26+,27?/m0/s1. The van der Waals surface area contributed by atoms with Crippen LogP contribution in [0.1, 0.15) is 6.92 Å². The second-order valence-corrected chi connectivity index (χ2v) is 9.94. The number of aliphatic hydroxyl groups is 6. The summed E-state index contributed by atoms with van der Waals surface area (Å²) in [4.78, 5) is 13.5. The molecular weight excluding hydrogens is 548 g/mol. The predicted molar refractivity (Wildman–Crippen MR) is 137 cm³/mol. The molecule has 14 nitrogen and oxygen atoms in total. The van der Waals surface area contributed by atoms with Crippen LogP contribution in [0.2, 0.25) is 0 Å². The van der Waals surface area contributed by atoms with Gasteiger partial charge in [-0.25, -0.2) is 0 Å². The van der Waals surface area contributed by atoms with Crippen LogP contribution in [-0.2, 0) is 14.2 Å². The first-order valence-corrected chi connectivity index (χ1v) is 12.7. The fourth-order valence-electron chi connectivity index (χ4n) is 4.76. The molecule has 0 spiro atoms. The van der Waals surface area contributed by atoms with E-state index in [4.69, 9.17) is 23.4 Å². The van der Waals surface area contributed by atoms with Crippen LogP contribution in [-0.4, -0.2) is 109 Å². The molecule has 2 fully saturated rings. The van der Waals surface area contributed by atoms with Gasteiger partial charge in [-0.3, -0.25) is 4.79 Å². The van der Waals surface area contributed by atoms with Crippen LogP contribution in [0.3, 0.4) is 0 Å². The average molecular weight is 579 g/mol. The lowest BCUT2D eigenvalue weighted by atomic mass is 9.98. The Morgan fingerprint density at radius 2 is 1.46 bits per heavy atom. The second-order valence-electron chi connectivity index (χ2n) is 9.94. The molecule has 41 heavy (non-hydrogen) atoms. The zero-order valence-corrected chi connectivity index (χ0v) is 21.5. The van der Waals surface area contributed by atoms with Crippen LogP contribution >= 0.6 is 0 Å². The van der Waals surface area contributed by atoms with E-state index < -0.39 is 84.9 Å². The van der Waals surface area contributed by atoms with E-state index in [1.807, 2.05) is 0 Å². The number of fused-ring (bicyclic) bond motifs is 1. The molecule has 1 unspecified atom stereocenters. The van der Waals surface area contributed by atoms with Gasteiger partial charge in [-0.15, -0.1) is 0 Å². The topological polar surface area (TPSA) is 229 Å². The molecule has 0 aliphatic carbocycles. The fourth-order valence-corrected chi connectivity index (χ4v) is 4.76. The number of phenols is 2. The van der Waals surface area contributed by atoms with Gasteiger partial charge in [0, 0.05) is 17.7 Å². The first kappa shape index (κ1) is 29.2. The minimum Gasteiger partial charge on any atom is -0.508 e. The third kappa shape index (κ3) is 5.49. The van der Waals surface area contributed by atoms with Gasteiger partial charge in [-0.05, 0) is 6.92 Å². The molecule has 0 saturated carbocycles. The third-order valence-corrected chi connectivity index (χ3v) is 7.09. The first-order chi connectivity index (χ1) is 19.5. The smallest absolute Gasteiger partial charge is 0.239 e. The zero-order valence-electron chi connectivity index (χ0n) is 21.5. The van der Waals surface area contributed by atoms with Crippen LogP contribution in [0.25, 0.3) is 22.3 Å². The maximum Gasteiger partial charge on any atom is 0.239 e. The van der Waals surface area contributed by atoms with Crippen molar-refractivity contribution >= 4 is 11.0 Å². The number of hydrogen-bond donors (Lipinski definition) is 8. The van der Waals surface area contributed by atoms with Gasteiger partial charge in [0.15, 0.2) is 12.1 Å². The summed E-state index contributed by atoms with van der Waals surface area (Å²) in [5, 5.41) is 81.7. The van der Waals surface area contributed by atoms with Gasteiger partial charge >= 0.3 is 0 Å². The highest BCUT2D eigenvalue weighted by atomic mass is 16.7. The van der Waals surface area contributed by atoms with Crippen molar-refractivity contribution < 1.29 is 64.2 Å². The van der Waals surface area contributed by atoms with E-state index in [0.29, 0.717) is 5.56 Å². The summed E-state index contributed by atoms with van der Waals surface area (Å²) in [5.41, 5.74) is -0.682. The Morgan fingerprint density at radius 3 is 2.17 bits per heavy atom. The summed E-state index contributed by atoms with van der Waals surface area (Å²) < 4.78 is 28.1. The van der Waals surface area contributed by atoms with Crippen molar-refractivity contribution in [2.45, 2.75) is 68.3 Å². The second kappa shape index (κ2) is 11.5. The van der Waals surface area contributed by atoms with Crippen molar-refractivity contribution in [2.75, 3.05) is 6.61 Å². The van der Waals surface area contributed by atoms with E-state index in [9.17, 15) is 45.6 Å². The van der Waals surface area contributed by atoms with Crippen molar-refractivity contribution in [1.29, 1.82) is 0 Å². The van der Waals surface area contributed by atoms with Crippen molar-refractivity contribution in [2.24, 2.45) is 0 Å². The van der Waals surface area contributed by atoms with Crippen molar-refractivity contribution in [3.05, 3.63) is 52.7 Å². The van der Waals surface area contributed by atoms with E-state index >= 15 is 0 Å². The number of rotatable bonds is 6. The maximum absolute atomic E-state index is 13.5. The van der Waals surface area contributed by atoms with Gasteiger partial charge in [0.2, 0.25) is 17.5 Å². The van der Waals surface area contributed by atoms with Gasteiger partial charge in [0.1, 0.15) is 65.2 Å². The number of phenolic OH excluding ortho intramolecular Hbond substituents is 2. The molecule has 3 heterocycles. The number of ether oxygens (including phenoxy) is 4. The Kier molecular flexibility index (Phi) is 8.20. The molecule has 0 bridgehead atoms. The molecule has 10 atom stereocenters. The van der Waals surface area contributed by atoms with E-state index in [1.54, 1.807) is 30.3 Å². The van der Waals surface area contributed by atoms with Crippen LogP contribution in [0.4, 0.5) is 0 Å². The molecule has 0 amide bonds. The highest BCUT2D eigenvalue weighted by molar-refractivity contribution is 5.88. The summed E-state index contributed by atoms with van der Waals surface area (Å²) in [6, 6.07) is 10.3. The molecule has 2 saturated heterocycles. The van der Waals surface area contributed by atoms with Gasteiger partial charge in [-0.1, -0.05) is 30.3 Å². The van der Waals surface area contributed by atoms with E-state index in [0.717, 1.165) is 12.1 Å². The maximum atomic E-state index is 13.5. The molecule has 2 aromatic carbocycles. The molecule has 3 aromatic rings. The van der Waals surface area contributed by atoms with Gasteiger partial charge < -0.3 is 64.2 Å². The lowest BCUT2D eigenvalue weighted by molar-refractivity contribution is -0.318. The summed E-state index contributed by atoms with van der Waals surface area (Å²) in [5.74, 6) is -1.61. The third-order valence-electron chi connectivity index (χ3n) is 7.09. The van der Waals surface area contributed by atoms with Crippen molar-refractivity contribution in [3.63, 3.8) is 0 Å². The summed E-state index contributed by atoms with van der Waals surface area (Å²) in [6.07, 6.45) is -15.5. The minimum atomic E-state index is -1.87. The summed E-state index contributed by atoms with van der Waals surface area (Å²) in [7, 11) is 0. The molecule has 14 heteroatoms. The molecule has 0 radical (unpaired) electrons. The highest BCUT2D eigenvalue weighted by Gasteiger charge is 2.47. The van der Waals surface area contributed by atoms with Crippen molar-refractivity contribution in [3.8, 4) is 28.6 Å². The molecule has 8 N–H and O–H groups in total. The van der Waals surface area contributed by atoms with E-state index in [2.05, 4.69) is 0 Å². The summed E-state index contributed by atoms with van der Waals surface area (Å²) in [6.45, 7) is 0.907. The number of aromatic hydroxyl groups is 2. The molecule has 222 valence electrons. The average Bonchev–Trinajstić information content (AvgIpc) is 2.95. The Balaban J connectivity index is 1.45. The molecule has 2 aliphatic heterocycles. The molecule has 1 aromatic heterocycles. The Bertz CT molecular complexity index is 1430. The lowest BCUT2D eigenvalue weighted by Gasteiger charge is -2.42. The zero-order chi connectivity index (χ0) is 29.6. The lowest BCUT2D eigenvalue weighted by Crippen LogP contribution is -2.61. The SMILES string of the molecule is C[C@@H]1O[C@@H](OC[C@H]2OC(Oc3c(-c4ccccc4)oc4cc(O)cc(O)c4c3=O)[C@H](O)[C@@H](O)[C@@H]2O)[C@H](O)[C@H](O)[C@H]1O. The molecular formula is C27H30O14. The van der Waals surface area contributed by atoms with Crippen LogP contribution < -0.4 is 10.2 Å². The Labute approximate surface area is 231 Å². The molecule has 5 rings (SSSR count). The molecule has 2 aliphatic rings. The van der Waals surface area contributed by atoms with Gasteiger partial charge in [0.25, 0.3) is 0 Å². The number of aliphatic hydroxyl groups excluding tert-OH is 6. The predicted octanol–water partition coefficient (Wildman–Crippen LogP) is -1.10. The van der Waals surface area contributed by atoms with E-state index in [-0.39, 0.29) is 22.5 Å².